The fraction of sp³-hybridized carbons (Fsp3) is 0.682. The first-order chi connectivity index (χ1) is 12.7. The number of carbonyl (C=O) groups excluding carboxylic acids is 1. The van der Waals surface area contributed by atoms with E-state index in [-0.39, 0.29) is 29.7 Å². The van der Waals surface area contributed by atoms with Crippen molar-refractivity contribution in [3.8, 4) is 0 Å². The normalized spacial score (nSPS) is 22.5. The van der Waals surface area contributed by atoms with Gasteiger partial charge in [0.1, 0.15) is 5.82 Å². The summed E-state index contributed by atoms with van der Waals surface area (Å²) in [5, 5.41) is 3.02. The van der Waals surface area contributed by atoms with Crippen molar-refractivity contribution in [2.24, 2.45) is 11.1 Å². The monoisotopic (exact) mass is 375 g/mol. The minimum Gasteiger partial charge on any atom is -0.348 e. The van der Waals surface area contributed by atoms with Gasteiger partial charge in [0.05, 0.1) is 12.6 Å². The Balaban J connectivity index is 1.76. The number of carbonyl (C=O) groups is 1. The van der Waals surface area contributed by atoms with Crippen molar-refractivity contribution >= 4 is 5.91 Å². The molecule has 1 saturated heterocycles. The second kappa shape index (κ2) is 7.88. The van der Waals surface area contributed by atoms with Crippen LogP contribution in [0.15, 0.2) is 18.2 Å². The highest BCUT2D eigenvalue weighted by molar-refractivity contribution is 5.78. The molecule has 1 heterocycles. The number of benzene rings is 1. The van der Waals surface area contributed by atoms with E-state index in [0.29, 0.717) is 5.41 Å². The number of fused-ring (bicyclic) bond motifs is 2. The highest BCUT2D eigenvalue weighted by Crippen LogP contribution is 2.48. The summed E-state index contributed by atoms with van der Waals surface area (Å²) < 4.78 is 14.1. The van der Waals surface area contributed by atoms with Crippen molar-refractivity contribution in [2.45, 2.75) is 64.3 Å². The van der Waals surface area contributed by atoms with Gasteiger partial charge in [0, 0.05) is 0 Å². The van der Waals surface area contributed by atoms with Crippen LogP contribution >= 0.6 is 0 Å². The zero-order valence-corrected chi connectivity index (χ0v) is 17.0. The number of amides is 1. The minimum atomic E-state index is -0.186. The molecule has 0 unspecified atom stereocenters. The highest BCUT2D eigenvalue weighted by atomic mass is 19.1. The molecule has 0 radical (unpaired) electrons. The molecule has 3 rings (SSSR count). The van der Waals surface area contributed by atoms with Crippen LogP contribution < -0.4 is 11.1 Å². The summed E-state index contributed by atoms with van der Waals surface area (Å²) in [7, 11) is 0. The van der Waals surface area contributed by atoms with Gasteiger partial charge in [-0.05, 0) is 85.8 Å². The van der Waals surface area contributed by atoms with Gasteiger partial charge in [-0.1, -0.05) is 26.8 Å². The average Bonchev–Trinajstić information content (AvgIpc) is 2.63. The fourth-order valence-electron chi connectivity index (χ4n) is 4.62. The Morgan fingerprint density at radius 1 is 1.30 bits per heavy atom. The fourth-order valence-corrected chi connectivity index (χ4v) is 4.62. The molecule has 1 aliphatic heterocycles. The Kier molecular flexibility index (Phi) is 5.92. The predicted molar refractivity (Wildman–Crippen MR) is 107 cm³/mol. The van der Waals surface area contributed by atoms with E-state index in [1.54, 1.807) is 6.07 Å². The highest BCUT2D eigenvalue weighted by Gasteiger charge is 2.42. The maximum atomic E-state index is 14.1. The molecule has 27 heavy (non-hydrogen) atoms. The van der Waals surface area contributed by atoms with E-state index < -0.39 is 0 Å². The van der Waals surface area contributed by atoms with E-state index in [9.17, 15) is 9.18 Å². The van der Waals surface area contributed by atoms with Crippen molar-refractivity contribution in [1.82, 2.24) is 10.2 Å². The molecule has 1 aliphatic carbocycles. The number of halogens is 1. The van der Waals surface area contributed by atoms with E-state index in [4.69, 9.17) is 5.73 Å². The van der Waals surface area contributed by atoms with Crippen LogP contribution in [-0.4, -0.2) is 37.0 Å². The quantitative estimate of drug-likeness (QED) is 0.847. The van der Waals surface area contributed by atoms with Gasteiger partial charge in [0.15, 0.2) is 0 Å². The molecular weight excluding hydrogens is 341 g/mol. The molecule has 1 fully saturated rings. The molecule has 3 N–H and O–H groups in total. The van der Waals surface area contributed by atoms with Crippen molar-refractivity contribution in [1.29, 1.82) is 0 Å². The van der Waals surface area contributed by atoms with E-state index in [1.807, 2.05) is 6.07 Å². The lowest BCUT2D eigenvalue weighted by atomic mass is 9.63. The van der Waals surface area contributed by atoms with Crippen LogP contribution in [0.25, 0.3) is 0 Å². The molecule has 1 atom stereocenters. The molecule has 0 aromatic heterocycles. The van der Waals surface area contributed by atoms with Gasteiger partial charge in [-0.25, -0.2) is 4.39 Å². The van der Waals surface area contributed by atoms with E-state index in [0.717, 1.165) is 56.4 Å². The first-order valence-corrected chi connectivity index (χ1v) is 10.2. The number of rotatable bonds is 4. The molecular formula is C22H34FN3O. The molecule has 1 aromatic rings. The maximum absolute atomic E-state index is 14.1. The lowest BCUT2D eigenvalue weighted by Crippen LogP contribution is -2.47. The molecule has 2 aliphatic rings. The zero-order chi connectivity index (χ0) is 19.7. The van der Waals surface area contributed by atoms with Crippen LogP contribution in [0.4, 0.5) is 4.39 Å². The Morgan fingerprint density at radius 3 is 2.63 bits per heavy atom. The number of nitrogens with one attached hydrogen (secondary N) is 1. The van der Waals surface area contributed by atoms with Crippen LogP contribution in [0, 0.1) is 11.2 Å². The predicted octanol–water partition coefficient (Wildman–Crippen LogP) is 3.51. The maximum Gasteiger partial charge on any atom is 0.234 e. The number of hydrogen-bond donors (Lipinski definition) is 2. The summed E-state index contributed by atoms with van der Waals surface area (Å²) in [5.41, 5.74) is 8.04. The van der Waals surface area contributed by atoms with E-state index in [1.165, 1.54) is 12.5 Å². The van der Waals surface area contributed by atoms with Gasteiger partial charge in [-0.2, -0.15) is 0 Å². The van der Waals surface area contributed by atoms with Crippen LogP contribution in [0.3, 0.4) is 0 Å². The Bertz CT molecular complexity index is 675. The van der Waals surface area contributed by atoms with Crippen molar-refractivity contribution in [3.63, 3.8) is 0 Å². The zero-order valence-electron chi connectivity index (χ0n) is 17.0. The largest absolute Gasteiger partial charge is 0.348 e. The van der Waals surface area contributed by atoms with Gasteiger partial charge >= 0.3 is 0 Å². The van der Waals surface area contributed by atoms with Gasteiger partial charge in [0.25, 0.3) is 0 Å². The first-order valence-electron chi connectivity index (χ1n) is 10.2. The smallest absolute Gasteiger partial charge is 0.234 e. The van der Waals surface area contributed by atoms with E-state index in [2.05, 4.69) is 31.0 Å². The SMILES string of the molecule is CC(C)(C)CCN1CCC2(CC[C@H](NC(=O)CN)c3ccc(F)cc32)CC1. The Hall–Kier alpha value is -1.46. The standard InChI is InChI=1S/C22H34FN3O/c1-21(2,3)8-11-26-12-9-22(10-13-26)7-6-19(25-20(27)15-24)17-5-4-16(23)14-18(17)22/h4-5,14,19H,6-13,15,24H2,1-3H3,(H,25,27)/t19-/m0/s1. The van der Waals surface area contributed by atoms with Crippen molar-refractivity contribution in [3.05, 3.63) is 35.1 Å². The van der Waals surface area contributed by atoms with Crippen LogP contribution in [0.5, 0.6) is 0 Å². The molecule has 0 bridgehead atoms. The number of nitrogens with two attached hydrogens (primary N) is 1. The average molecular weight is 376 g/mol. The third kappa shape index (κ3) is 4.69. The van der Waals surface area contributed by atoms with Crippen LogP contribution in [0.1, 0.15) is 70.0 Å². The number of hydrogen-bond acceptors (Lipinski definition) is 3. The molecule has 1 spiro atoms. The minimum absolute atomic E-state index is 0.0130. The van der Waals surface area contributed by atoms with Crippen LogP contribution in [0.2, 0.25) is 0 Å². The third-order valence-electron chi connectivity index (χ3n) is 6.39. The topological polar surface area (TPSA) is 58.4 Å². The number of likely N-dealkylation sites (tertiary alicyclic amines) is 1. The second-order valence-corrected chi connectivity index (χ2v) is 9.53. The first kappa shape index (κ1) is 20.3. The van der Waals surface area contributed by atoms with Crippen molar-refractivity contribution < 1.29 is 9.18 Å². The molecule has 0 saturated carbocycles. The van der Waals surface area contributed by atoms with Crippen molar-refractivity contribution in [2.75, 3.05) is 26.2 Å². The summed E-state index contributed by atoms with van der Waals surface area (Å²) in [5.74, 6) is -0.336. The Labute approximate surface area is 162 Å². The van der Waals surface area contributed by atoms with Gasteiger partial charge < -0.3 is 16.0 Å². The number of piperidine rings is 1. The van der Waals surface area contributed by atoms with Gasteiger partial charge in [0.2, 0.25) is 5.91 Å². The molecule has 1 aromatic carbocycles. The summed E-state index contributed by atoms with van der Waals surface area (Å²) in [4.78, 5) is 14.4. The second-order valence-electron chi connectivity index (χ2n) is 9.53. The molecule has 1 amide bonds. The molecule has 150 valence electrons. The van der Waals surface area contributed by atoms with Crippen LogP contribution in [-0.2, 0) is 10.2 Å². The summed E-state index contributed by atoms with van der Waals surface area (Å²) in [6.07, 6.45) is 5.20. The van der Waals surface area contributed by atoms with Gasteiger partial charge in [-0.15, -0.1) is 0 Å². The third-order valence-corrected chi connectivity index (χ3v) is 6.39. The van der Waals surface area contributed by atoms with E-state index >= 15 is 0 Å². The lowest BCUT2D eigenvalue weighted by molar-refractivity contribution is -0.120. The summed E-state index contributed by atoms with van der Waals surface area (Å²) in [6.45, 7) is 10.1. The molecule has 5 heteroatoms. The summed E-state index contributed by atoms with van der Waals surface area (Å²) in [6, 6.07) is 5.03. The number of nitrogens with zero attached hydrogens (tertiary/aromatic N) is 1. The lowest BCUT2D eigenvalue weighted by Gasteiger charge is -2.47. The Morgan fingerprint density at radius 2 is 2.00 bits per heavy atom. The molecule has 4 nitrogen and oxygen atoms in total. The summed E-state index contributed by atoms with van der Waals surface area (Å²) >= 11 is 0. The van der Waals surface area contributed by atoms with Gasteiger partial charge in [-0.3, -0.25) is 4.79 Å².